The van der Waals surface area contributed by atoms with E-state index in [9.17, 15) is 0 Å². The molecule has 5 nitrogen and oxygen atoms in total. The Bertz CT molecular complexity index is 1070. The average Bonchev–Trinajstić information content (AvgIpc) is 3.16. The smallest absolute Gasteiger partial charge is 0.157 e. The van der Waals surface area contributed by atoms with Gasteiger partial charge in [-0.2, -0.15) is 0 Å². The van der Waals surface area contributed by atoms with Crippen molar-refractivity contribution in [2.75, 3.05) is 7.11 Å². The minimum Gasteiger partial charge on any atom is -0.497 e. The molecule has 0 bridgehead atoms. The quantitative estimate of drug-likeness (QED) is 0.527. The number of aryl methyl sites for hydroxylation is 5. The molecule has 0 aliphatic heterocycles. The molecule has 3 aromatic heterocycles. The second-order valence-corrected chi connectivity index (χ2v) is 7.02. The summed E-state index contributed by atoms with van der Waals surface area (Å²) in [7, 11) is 1.67. The molecule has 3 heterocycles. The number of aromatic nitrogens is 4. The molecule has 142 valence electrons. The first-order valence-corrected chi connectivity index (χ1v) is 9.58. The van der Waals surface area contributed by atoms with Crippen LogP contribution in [0.5, 0.6) is 5.75 Å². The van der Waals surface area contributed by atoms with Crippen LogP contribution < -0.4 is 4.74 Å². The SMILES string of the molecule is COc1ccnc(CCc2nc3c(CCc4ccc(C)cc4)ccnc3[nH]2)c1. The molecule has 1 N–H and O–H groups in total. The zero-order valence-corrected chi connectivity index (χ0v) is 16.3. The molecule has 0 aliphatic rings. The molecule has 0 fully saturated rings. The van der Waals surface area contributed by atoms with Crippen molar-refractivity contribution in [3.8, 4) is 5.75 Å². The van der Waals surface area contributed by atoms with Crippen molar-refractivity contribution in [3.05, 3.63) is 83.1 Å². The van der Waals surface area contributed by atoms with Crippen LogP contribution in [0, 0.1) is 6.92 Å². The third-order valence-electron chi connectivity index (χ3n) is 4.96. The summed E-state index contributed by atoms with van der Waals surface area (Å²) < 4.78 is 5.27. The number of pyridine rings is 2. The summed E-state index contributed by atoms with van der Waals surface area (Å²) >= 11 is 0. The summed E-state index contributed by atoms with van der Waals surface area (Å²) in [5.74, 6) is 1.77. The monoisotopic (exact) mass is 372 g/mol. The first kappa shape index (κ1) is 18.2. The molecule has 0 saturated carbocycles. The number of aromatic amines is 1. The Labute approximate surface area is 164 Å². The Kier molecular flexibility index (Phi) is 5.33. The van der Waals surface area contributed by atoms with Crippen molar-refractivity contribution in [2.24, 2.45) is 0 Å². The lowest BCUT2D eigenvalue weighted by molar-refractivity contribution is 0.413. The van der Waals surface area contributed by atoms with E-state index in [0.717, 1.165) is 54.1 Å². The standard InChI is InChI=1S/C23H24N4O/c1-16-3-5-17(6-4-16)7-8-18-11-13-25-23-22(18)26-21(27-23)10-9-19-15-20(28-2)12-14-24-19/h3-6,11-15H,7-10H2,1-2H3,(H,25,26,27). The van der Waals surface area contributed by atoms with Crippen LogP contribution in [0.2, 0.25) is 0 Å². The maximum atomic E-state index is 5.27. The molecule has 4 rings (SSSR count). The largest absolute Gasteiger partial charge is 0.497 e. The Morgan fingerprint density at radius 3 is 2.54 bits per heavy atom. The number of ether oxygens (including phenoxy) is 1. The summed E-state index contributed by atoms with van der Waals surface area (Å²) in [6.07, 6.45) is 7.17. The Morgan fingerprint density at radius 2 is 1.71 bits per heavy atom. The third kappa shape index (κ3) is 4.19. The van der Waals surface area contributed by atoms with E-state index < -0.39 is 0 Å². The van der Waals surface area contributed by atoms with Gasteiger partial charge in [0, 0.05) is 30.6 Å². The van der Waals surface area contributed by atoms with Gasteiger partial charge in [0.2, 0.25) is 0 Å². The number of fused-ring (bicyclic) bond motifs is 1. The lowest BCUT2D eigenvalue weighted by Crippen LogP contribution is -1.97. The predicted octanol–water partition coefficient (Wildman–Crippen LogP) is 4.24. The van der Waals surface area contributed by atoms with Gasteiger partial charge in [-0.15, -0.1) is 0 Å². The van der Waals surface area contributed by atoms with Crippen LogP contribution >= 0.6 is 0 Å². The summed E-state index contributed by atoms with van der Waals surface area (Å²) in [6.45, 7) is 2.11. The molecular formula is C23H24N4O. The lowest BCUT2D eigenvalue weighted by atomic mass is 10.0. The average molecular weight is 372 g/mol. The number of hydrogen-bond acceptors (Lipinski definition) is 4. The van der Waals surface area contributed by atoms with Gasteiger partial charge in [0.05, 0.1) is 7.11 Å². The van der Waals surface area contributed by atoms with Gasteiger partial charge < -0.3 is 9.72 Å². The summed E-state index contributed by atoms with van der Waals surface area (Å²) in [4.78, 5) is 17.0. The minimum absolute atomic E-state index is 0.786. The van der Waals surface area contributed by atoms with Crippen molar-refractivity contribution in [1.82, 2.24) is 19.9 Å². The summed E-state index contributed by atoms with van der Waals surface area (Å²) in [5.41, 5.74) is 6.69. The molecule has 28 heavy (non-hydrogen) atoms. The van der Waals surface area contributed by atoms with Gasteiger partial charge in [-0.05, 0) is 49.4 Å². The van der Waals surface area contributed by atoms with Gasteiger partial charge in [-0.1, -0.05) is 29.8 Å². The normalized spacial score (nSPS) is 11.1. The van der Waals surface area contributed by atoms with Crippen molar-refractivity contribution >= 4 is 11.2 Å². The van der Waals surface area contributed by atoms with Gasteiger partial charge in [0.15, 0.2) is 5.65 Å². The number of hydrogen-bond donors (Lipinski definition) is 1. The fourth-order valence-electron chi connectivity index (χ4n) is 3.33. The topological polar surface area (TPSA) is 63.7 Å². The molecule has 0 radical (unpaired) electrons. The van der Waals surface area contributed by atoms with Crippen molar-refractivity contribution < 1.29 is 4.74 Å². The van der Waals surface area contributed by atoms with E-state index in [4.69, 9.17) is 9.72 Å². The molecular weight excluding hydrogens is 348 g/mol. The first-order valence-electron chi connectivity index (χ1n) is 9.58. The maximum absolute atomic E-state index is 5.27. The number of rotatable bonds is 7. The first-order chi connectivity index (χ1) is 13.7. The highest BCUT2D eigenvalue weighted by atomic mass is 16.5. The van der Waals surface area contributed by atoms with Crippen molar-refractivity contribution in [1.29, 1.82) is 0 Å². The molecule has 1 aromatic carbocycles. The van der Waals surface area contributed by atoms with E-state index in [-0.39, 0.29) is 0 Å². The van der Waals surface area contributed by atoms with Crippen LogP contribution in [-0.4, -0.2) is 27.0 Å². The molecule has 0 saturated heterocycles. The van der Waals surface area contributed by atoms with Crippen LogP contribution in [-0.2, 0) is 25.7 Å². The van der Waals surface area contributed by atoms with E-state index in [1.165, 1.54) is 16.7 Å². The Morgan fingerprint density at radius 1 is 0.893 bits per heavy atom. The number of imidazole rings is 1. The molecule has 4 aromatic rings. The van der Waals surface area contributed by atoms with Gasteiger partial charge in [-0.25, -0.2) is 9.97 Å². The van der Waals surface area contributed by atoms with Gasteiger partial charge >= 0.3 is 0 Å². The van der Waals surface area contributed by atoms with E-state index in [1.807, 2.05) is 18.3 Å². The fourth-order valence-corrected chi connectivity index (χ4v) is 3.33. The molecule has 0 amide bonds. The Hall–Kier alpha value is -3.21. The molecule has 0 spiro atoms. The second kappa shape index (κ2) is 8.21. The molecule has 5 heteroatoms. The highest BCUT2D eigenvalue weighted by Crippen LogP contribution is 2.18. The lowest BCUT2D eigenvalue weighted by Gasteiger charge is -2.03. The number of benzene rings is 1. The van der Waals surface area contributed by atoms with Crippen LogP contribution in [0.3, 0.4) is 0 Å². The van der Waals surface area contributed by atoms with E-state index >= 15 is 0 Å². The summed E-state index contributed by atoms with van der Waals surface area (Å²) in [5, 5.41) is 0. The Balaban J connectivity index is 1.47. The van der Waals surface area contributed by atoms with Crippen LogP contribution in [0.25, 0.3) is 11.2 Å². The highest BCUT2D eigenvalue weighted by molar-refractivity contribution is 5.74. The number of nitrogens with one attached hydrogen (secondary N) is 1. The van der Waals surface area contributed by atoms with Gasteiger partial charge in [0.1, 0.15) is 17.1 Å². The van der Waals surface area contributed by atoms with E-state index in [1.54, 1.807) is 13.3 Å². The zero-order valence-electron chi connectivity index (χ0n) is 16.3. The molecule has 0 atom stereocenters. The number of H-pyrrole nitrogens is 1. The molecule has 0 aliphatic carbocycles. The molecule has 0 unspecified atom stereocenters. The zero-order chi connectivity index (χ0) is 19.3. The highest BCUT2D eigenvalue weighted by Gasteiger charge is 2.09. The van der Waals surface area contributed by atoms with Gasteiger partial charge in [-0.3, -0.25) is 4.98 Å². The van der Waals surface area contributed by atoms with Crippen LogP contribution in [0.1, 0.15) is 28.2 Å². The van der Waals surface area contributed by atoms with Crippen molar-refractivity contribution in [2.45, 2.75) is 32.6 Å². The fraction of sp³-hybridized carbons (Fsp3) is 0.261. The number of nitrogens with zero attached hydrogens (tertiary/aromatic N) is 3. The van der Waals surface area contributed by atoms with Crippen LogP contribution in [0.4, 0.5) is 0 Å². The third-order valence-corrected chi connectivity index (χ3v) is 4.96. The number of methoxy groups -OCH3 is 1. The second-order valence-electron chi connectivity index (χ2n) is 7.02. The summed E-state index contributed by atoms with van der Waals surface area (Å²) in [6, 6.07) is 14.6. The maximum Gasteiger partial charge on any atom is 0.157 e. The predicted molar refractivity (Wildman–Crippen MR) is 111 cm³/mol. The van der Waals surface area contributed by atoms with Crippen molar-refractivity contribution in [3.63, 3.8) is 0 Å². The minimum atomic E-state index is 0.786. The van der Waals surface area contributed by atoms with E-state index in [2.05, 4.69) is 52.2 Å². The van der Waals surface area contributed by atoms with E-state index in [0.29, 0.717) is 0 Å². The van der Waals surface area contributed by atoms with Crippen LogP contribution in [0.15, 0.2) is 54.9 Å². The van der Waals surface area contributed by atoms with Gasteiger partial charge in [0.25, 0.3) is 0 Å².